The molecule has 0 bridgehead atoms. The van der Waals surface area contributed by atoms with Crippen molar-refractivity contribution in [2.45, 2.75) is 76.7 Å². The summed E-state index contributed by atoms with van der Waals surface area (Å²) in [4.78, 5) is 2.55. The molecule has 0 aliphatic heterocycles. The molecule has 2 aromatic carbocycles. The predicted octanol–water partition coefficient (Wildman–Crippen LogP) is 8.07. The van der Waals surface area contributed by atoms with Gasteiger partial charge in [0, 0.05) is 12.6 Å². The highest BCUT2D eigenvalue weighted by atomic mass is 35.5. The van der Waals surface area contributed by atoms with Gasteiger partial charge in [0.15, 0.2) is 0 Å². The second-order valence-electron chi connectivity index (χ2n) is 9.30. The van der Waals surface area contributed by atoms with Crippen molar-refractivity contribution in [3.63, 3.8) is 0 Å². The van der Waals surface area contributed by atoms with Crippen molar-refractivity contribution in [2.75, 3.05) is 13.1 Å². The molecule has 0 saturated heterocycles. The van der Waals surface area contributed by atoms with Crippen LogP contribution < -0.4 is 0 Å². The molecule has 0 heterocycles. The summed E-state index contributed by atoms with van der Waals surface area (Å²) in [6, 6.07) is 19.7. The van der Waals surface area contributed by atoms with Gasteiger partial charge >= 0.3 is 0 Å². The summed E-state index contributed by atoms with van der Waals surface area (Å²) in [5, 5.41) is 11.7. The Morgan fingerprint density at radius 2 is 1.78 bits per heavy atom. The van der Waals surface area contributed by atoms with Crippen LogP contribution in [-0.4, -0.2) is 24.0 Å². The Bertz CT molecular complexity index is 886. The van der Waals surface area contributed by atoms with E-state index in [4.69, 9.17) is 23.2 Å². The summed E-state index contributed by atoms with van der Waals surface area (Å²) in [5.74, 6) is 0.380. The number of benzene rings is 2. The molecule has 1 fully saturated rings. The van der Waals surface area contributed by atoms with Gasteiger partial charge in [0.25, 0.3) is 0 Å². The van der Waals surface area contributed by atoms with Gasteiger partial charge in [-0.15, -0.1) is 0 Å². The monoisotopic (exact) mass is 470 g/mol. The number of likely N-dealkylation sites (N-methyl/N-ethyl adjacent to an activating group) is 1. The standard InChI is InChI=1S/C28H36Cl2N2/c1-3-32(19-17-23-10-6-4-7-11-23)22(2)16-18-28(21-31,24-12-8-5-9-13-24)25-14-15-26(29)27(30)20-25/h4,6-7,10-11,14-15,20,22,24H,3,5,8-9,12-13,16-19H2,1-2H3. The van der Waals surface area contributed by atoms with Gasteiger partial charge < -0.3 is 4.90 Å². The zero-order chi connectivity index (χ0) is 23.0. The van der Waals surface area contributed by atoms with Crippen LogP contribution in [0.2, 0.25) is 10.0 Å². The summed E-state index contributed by atoms with van der Waals surface area (Å²) in [5.41, 5.74) is 1.92. The summed E-state index contributed by atoms with van der Waals surface area (Å²) in [7, 11) is 0. The molecule has 0 amide bonds. The fourth-order valence-electron chi connectivity index (χ4n) is 5.39. The third-order valence-corrected chi connectivity index (χ3v) is 8.19. The first-order valence-corrected chi connectivity index (χ1v) is 12.9. The average molecular weight is 472 g/mol. The van der Waals surface area contributed by atoms with Crippen LogP contribution in [0.1, 0.15) is 69.9 Å². The third kappa shape index (κ3) is 6.07. The molecular weight excluding hydrogens is 435 g/mol. The Kier molecular flexibility index (Phi) is 9.47. The van der Waals surface area contributed by atoms with E-state index in [2.05, 4.69) is 55.1 Å². The molecule has 1 saturated carbocycles. The molecule has 2 aromatic rings. The van der Waals surface area contributed by atoms with Crippen LogP contribution in [0, 0.1) is 17.2 Å². The number of rotatable bonds is 10. The van der Waals surface area contributed by atoms with E-state index in [1.165, 1.54) is 24.8 Å². The fraction of sp³-hybridized carbons (Fsp3) is 0.536. The van der Waals surface area contributed by atoms with E-state index in [0.29, 0.717) is 22.0 Å². The molecule has 2 atom stereocenters. The third-order valence-electron chi connectivity index (χ3n) is 7.45. The number of hydrogen-bond donors (Lipinski definition) is 0. The lowest BCUT2D eigenvalue weighted by molar-refractivity contribution is 0.179. The molecular formula is C28H36Cl2N2. The van der Waals surface area contributed by atoms with Gasteiger partial charge in [0.05, 0.1) is 21.5 Å². The zero-order valence-corrected chi connectivity index (χ0v) is 21.0. The van der Waals surface area contributed by atoms with E-state index >= 15 is 0 Å². The van der Waals surface area contributed by atoms with E-state index in [9.17, 15) is 5.26 Å². The highest BCUT2D eigenvalue weighted by Gasteiger charge is 2.41. The molecule has 0 N–H and O–H groups in total. The molecule has 0 radical (unpaired) electrons. The molecule has 2 nitrogen and oxygen atoms in total. The molecule has 2 unspecified atom stereocenters. The van der Waals surface area contributed by atoms with Crippen molar-refractivity contribution in [3.05, 3.63) is 69.7 Å². The molecule has 172 valence electrons. The summed E-state index contributed by atoms with van der Waals surface area (Å²) < 4.78 is 0. The topological polar surface area (TPSA) is 27.0 Å². The van der Waals surface area contributed by atoms with Gasteiger partial charge in [-0.1, -0.05) is 85.8 Å². The zero-order valence-electron chi connectivity index (χ0n) is 19.5. The van der Waals surface area contributed by atoms with Crippen LogP contribution in [0.4, 0.5) is 0 Å². The Labute approximate surface area is 204 Å². The van der Waals surface area contributed by atoms with E-state index in [0.717, 1.165) is 50.8 Å². The van der Waals surface area contributed by atoms with E-state index in [1.54, 1.807) is 0 Å². The minimum atomic E-state index is -0.498. The predicted molar refractivity (Wildman–Crippen MR) is 136 cm³/mol. The quantitative estimate of drug-likeness (QED) is 0.350. The van der Waals surface area contributed by atoms with Crippen LogP contribution in [0.15, 0.2) is 48.5 Å². The number of nitrogens with zero attached hydrogens (tertiary/aromatic N) is 2. The number of halogens is 2. The molecule has 4 heteroatoms. The van der Waals surface area contributed by atoms with Crippen molar-refractivity contribution in [2.24, 2.45) is 5.92 Å². The Morgan fingerprint density at radius 1 is 1.06 bits per heavy atom. The van der Waals surface area contributed by atoms with Crippen LogP contribution in [0.3, 0.4) is 0 Å². The highest BCUT2D eigenvalue weighted by molar-refractivity contribution is 6.42. The Hall–Kier alpha value is -1.53. The molecule has 0 spiro atoms. The van der Waals surface area contributed by atoms with Gasteiger partial charge in [-0.3, -0.25) is 0 Å². The maximum absolute atomic E-state index is 10.6. The normalized spacial score (nSPS) is 17.6. The van der Waals surface area contributed by atoms with Gasteiger partial charge in [0.2, 0.25) is 0 Å². The lowest BCUT2D eigenvalue weighted by atomic mass is 9.63. The first kappa shape index (κ1) is 25.1. The van der Waals surface area contributed by atoms with Crippen molar-refractivity contribution < 1.29 is 0 Å². The minimum Gasteiger partial charge on any atom is -0.301 e. The molecule has 1 aliphatic carbocycles. The first-order chi connectivity index (χ1) is 15.5. The van der Waals surface area contributed by atoms with Crippen molar-refractivity contribution in [1.29, 1.82) is 5.26 Å². The molecule has 32 heavy (non-hydrogen) atoms. The smallest absolute Gasteiger partial charge is 0.0851 e. The summed E-state index contributed by atoms with van der Waals surface area (Å²) in [6.07, 6.45) is 8.84. The Balaban J connectivity index is 1.76. The van der Waals surface area contributed by atoms with Crippen LogP contribution in [-0.2, 0) is 11.8 Å². The second-order valence-corrected chi connectivity index (χ2v) is 10.1. The lowest BCUT2D eigenvalue weighted by Gasteiger charge is -2.40. The maximum Gasteiger partial charge on any atom is 0.0851 e. The molecule has 1 aliphatic rings. The number of nitriles is 1. The molecule has 3 rings (SSSR count). The fourth-order valence-corrected chi connectivity index (χ4v) is 5.69. The van der Waals surface area contributed by atoms with Gasteiger partial charge in [0.1, 0.15) is 0 Å². The van der Waals surface area contributed by atoms with Crippen LogP contribution in [0.5, 0.6) is 0 Å². The van der Waals surface area contributed by atoms with Crippen molar-refractivity contribution >= 4 is 23.2 Å². The van der Waals surface area contributed by atoms with E-state index < -0.39 is 5.41 Å². The van der Waals surface area contributed by atoms with Crippen molar-refractivity contribution in [1.82, 2.24) is 4.90 Å². The van der Waals surface area contributed by atoms with Crippen LogP contribution in [0.25, 0.3) is 0 Å². The second kappa shape index (κ2) is 12.1. The summed E-state index contributed by atoms with van der Waals surface area (Å²) in [6.45, 7) is 6.60. The first-order valence-electron chi connectivity index (χ1n) is 12.1. The maximum atomic E-state index is 10.6. The van der Waals surface area contributed by atoms with Crippen molar-refractivity contribution in [3.8, 4) is 6.07 Å². The molecule has 0 aromatic heterocycles. The SMILES string of the molecule is CCN(CCc1ccccc1)C(C)CCC(C#N)(c1ccc(Cl)c(Cl)c1)C1CCCCC1. The minimum absolute atomic E-state index is 0.380. The highest BCUT2D eigenvalue weighted by Crippen LogP contribution is 2.45. The largest absolute Gasteiger partial charge is 0.301 e. The number of hydrogen-bond acceptors (Lipinski definition) is 2. The van der Waals surface area contributed by atoms with Crippen LogP contribution >= 0.6 is 23.2 Å². The van der Waals surface area contributed by atoms with Gasteiger partial charge in [-0.2, -0.15) is 5.26 Å². The van der Waals surface area contributed by atoms with Gasteiger partial charge in [-0.25, -0.2) is 0 Å². The van der Waals surface area contributed by atoms with E-state index in [-0.39, 0.29) is 0 Å². The lowest BCUT2D eigenvalue weighted by Crippen LogP contribution is -2.39. The Morgan fingerprint density at radius 3 is 2.41 bits per heavy atom. The average Bonchev–Trinajstić information content (AvgIpc) is 2.83. The van der Waals surface area contributed by atoms with Gasteiger partial charge in [-0.05, 0) is 74.8 Å². The summed E-state index contributed by atoms with van der Waals surface area (Å²) >= 11 is 12.6. The van der Waals surface area contributed by atoms with E-state index in [1.807, 2.05) is 18.2 Å².